The Morgan fingerprint density at radius 2 is 1.00 bits per heavy atom. The van der Waals surface area contributed by atoms with Crippen LogP contribution in [0.3, 0.4) is 0 Å². The van der Waals surface area contributed by atoms with Crippen molar-refractivity contribution >= 4 is 75.1 Å². The zero-order valence-corrected chi connectivity index (χ0v) is 14.4. The fourth-order valence-electron chi connectivity index (χ4n) is 0. The topological polar surface area (TPSA) is 0 Å². The average Bonchev–Trinajstić information content (AvgIpc) is 0. The number of hydrogen-bond donors (Lipinski definition) is 0. The standard InChI is InChI=1S/Ca.Ga.Ge.Rb/q+2;+3;+4;+1. The van der Waals surface area contributed by atoms with Gasteiger partial charge in [0, 0.05) is 0 Å². The molecule has 0 nitrogen and oxygen atoms in total. The van der Waals surface area contributed by atoms with Crippen molar-refractivity contribution in [1.29, 1.82) is 0 Å². The Hall–Kier alpha value is 4.24. The molecule has 0 saturated carbocycles. The monoisotopic (exact) mass is 268 g/mol. The summed E-state index contributed by atoms with van der Waals surface area (Å²) in [6.07, 6.45) is 0. The van der Waals surface area contributed by atoms with Crippen LogP contribution in [0.25, 0.3) is 0 Å². The van der Waals surface area contributed by atoms with E-state index in [-0.39, 0.29) is 133 Å². The molecule has 0 aliphatic rings. The molecule has 0 atom stereocenters. The molecule has 0 aromatic rings. The van der Waals surface area contributed by atoms with Crippen molar-refractivity contribution in [1.82, 2.24) is 0 Å². The van der Waals surface area contributed by atoms with Gasteiger partial charge in [0.2, 0.25) is 0 Å². The van der Waals surface area contributed by atoms with E-state index in [4.69, 9.17) is 0 Å². The van der Waals surface area contributed by atoms with E-state index in [1.54, 1.807) is 0 Å². The summed E-state index contributed by atoms with van der Waals surface area (Å²) in [5.74, 6) is 0. The zero-order valence-electron chi connectivity index (χ0n) is 2.78. The van der Waals surface area contributed by atoms with Crippen LogP contribution in [-0.2, 0) is 0 Å². The van der Waals surface area contributed by atoms with Gasteiger partial charge < -0.3 is 0 Å². The molecule has 0 spiro atoms. The molecule has 0 heterocycles. The first-order valence-corrected chi connectivity index (χ1v) is 0. The minimum Gasteiger partial charge on any atom is 1.00 e. The smallest absolute Gasteiger partial charge is 1.00 e. The Labute approximate surface area is 129 Å². The maximum atomic E-state index is 0. The summed E-state index contributed by atoms with van der Waals surface area (Å²) >= 11 is 0. The quantitative estimate of drug-likeness (QED) is 0.391. The Kier molecular flexibility index (Phi) is 94.2. The van der Waals surface area contributed by atoms with Gasteiger partial charge in [-0.05, 0) is 0 Å². The molecule has 0 aromatic heterocycles. The molecule has 0 aromatic carbocycles. The molecular formula is CaGaGeRb+10. The van der Waals surface area contributed by atoms with Gasteiger partial charge in [-0.3, -0.25) is 0 Å². The molecule has 0 radical (unpaired) electrons. The Morgan fingerprint density at radius 1 is 1.00 bits per heavy atom. The Morgan fingerprint density at radius 3 is 1.00 bits per heavy atom. The Bertz CT molecular complexity index is 8.00. The van der Waals surface area contributed by atoms with Crippen molar-refractivity contribution in [2.45, 2.75) is 0 Å². The molecule has 0 N–H and O–H groups in total. The van der Waals surface area contributed by atoms with Crippen LogP contribution < -0.4 is 58.2 Å². The molecule has 4 heteroatoms. The number of rotatable bonds is 0. The molecular weight excluding hydrogens is 268 g/mol. The van der Waals surface area contributed by atoms with Crippen molar-refractivity contribution in [3.63, 3.8) is 0 Å². The van der Waals surface area contributed by atoms with Crippen molar-refractivity contribution in [2.75, 3.05) is 0 Å². The molecule has 0 aliphatic heterocycles. The largest absolute Gasteiger partial charge is 4.00 e. The molecule has 0 amide bonds. The summed E-state index contributed by atoms with van der Waals surface area (Å²) in [7, 11) is 0. The summed E-state index contributed by atoms with van der Waals surface area (Å²) in [5, 5.41) is 0. The summed E-state index contributed by atoms with van der Waals surface area (Å²) in [6, 6.07) is 0. The fraction of sp³-hybridized carbons (Fsp3) is 0. The predicted octanol–water partition coefficient (Wildman–Crippen LogP) is -4.14. The van der Waals surface area contributed by atoms with Gasteiger partial charge in [-0.1, -0.05) is 0 Å². The van der Waals surface area contributed by atoms with E-state index in [9.17, 15) is 0 Å². The van der Waals surface area contributed by atoms with E-state index in [1.807, 2.05) is 0 Å². The van der Waals surface area contributed by atoms with Crippen LogP contribution in [0.5, 0.6) is 0 Å². The third kappa shape index (κ3) is 9.53. The molecule has 0 valence electrons. The first-order valence-electron chi connectivity index (χ1n) is 0. The van der Waals surface area contributed by atoms with Crippen LogP contribution in [-0.4, -0.2) is 75.1 Å². The predicted molar refractivity (Wildman–Crippen MR) is 17.3 cm³/mol. The minimum atomic E-state index is 0. The van der Waals surface area contributed by atoms with Crippen LogP contribution in [0.2, 0.25) is 0 Å². The molecule has 0 aliphatic carbocycles. The van der Waals surface area contributed by atoms with Gasteiger partial charge in [-0.25, -0.2) is 0 Å². The summed E-state index contributed by atoms with van der Waals surface area (Å²) in [5.41, 5.74) is 0. The second-order valence-corrected chi connectivity index (χ2v) is 0. The first-order chi connectivity index (χ1) is 0. The zero-order chi connectivity index (χ0) is 0. The van der Waals surface area contributed by atoms with Crippen molar-refractivity contribution < 1.29 is 58.2 Å². The van der Waals surface area contributed by atoms with Crippen molar-refractivity contribution in [2.24, 2.45) is 0 Å². The van der Waals surface area contributed by atoms with Crippen LogP contribution in [0.4, 0.5) is 0 Å². The molecule has 0 unspecified atom stereocenters. The normalized spacial score (nSPS) is 0. The summed E-state index contributed by atoms with van der Waals surface area (Å²) < 4.78 is 0. The molecule has 0 saturated heterocycles. The van der Waals surface area contributed by atoms with E-state index >= 15 is 0 Å². The summed E-state index contributed by atoms with van der Waals surface area (Å²) in [4.78, 5) is 0. The second-order valence-electron chi connectivity index (χ2n) is 0. The van der Waals surface area contributed by atoms with Gasteiger partial charge in [0.05, 0.1) is 0 Å². The average molecular weight is 268 g/mol. The maximum Gasteiger partial charge on any atom is 4.00 e. The van der Waals surface area contributed by atoms with Gasteiger partial charge in [0.15, 0.2) is 0 Å². The van der Waals surface area contributed by atoms with E-state index < -0.39 is 0 Å². The fourth-order valence-corrected chi connectivity index (χ4v) is 0. The van der Waals surface area contributed by atoms with E-state index in [0.29, 0.717) is 0 Å². The molecule has 0 fully saturated rings. The maximum absolute atomic E-state index is 0. The third-order valence-corrected chi connectivity index (χ3v) is 0. The summed E-state index contributed by atoms with van der Waals surface area (Å²) in [6.45, 7) is 0. The van der Waals surface area contributed by atoms with E-state index in [1.165, 1.54) is 0 Å². The van der Waals surface area contributed by atoms with Gasteiger partial charge in [-0.2, -0.15) is 0 Å². The Balaban J connectivity index is 0. The van der Waals surface area contributed by atoms with Crippen molar-refractivity contribution in [3.05, 3.63) is 0 Å². The van der Waals surface area contributed by atoms with Gasteiger partial charge in [0.1, 0.15) is 0 Å². The SMILES string of the molecule is [Ca+2].[Ga+3].[Ge+4].[Rb+]. The molecule has 4 heavy (non-hydrogen) atoms. The molecule has 0 bridgehead atoms. The van der Waals surface area contributed by atoms with Gasteiger partial charge >= 0.3 is 133 Å². The van der Waals surface area contributed by atoms with Crippen LogP contribution >= 0.6 is 0 Å². The van der Waals surface area contributed by atoms with Crippen molar-refractivity contribution in [3.8, 4) is 0 Å². The molecule has 0 rings (SSSR count). The van der Waals surface area contributed by atoms with Crippen LogP contribution in [0.15, 0.2) is 0 Å². The first kappa shape index (κ1) is 24.0. The van der Waals surface area contributed by atoms with E-state index in [2.05, 4.69) is 0 Å². The number of hydrogen-bond acceptors (Lipinski definition) is 0. The van der Waals surface area contributed by atoms with Gasteiger partial charge in [0.25, 0.3) is 0 Å². The second kappa shape index (κ2) is 15.7. The van der Waals surface area contributed by atoms with Crippen LogP contribution in [0.1, 0.15) is 0 Å². The minimum absolute atomic E-state index is 0. The third-order valence-electron chi connectivity index (χ3n) is 0. The van der Waals surface area contributed by atoms with E-state index in [0.717, 1.165) is 0 Å². The van der Waals surface area contributed by atoms with Gasteiger partial charge in [-0.15, -0.1) is 0 Å². The van der Waals surface area contributed by atoms with Crippen LogP contribution in [0, 0.1) is 0 Å².